The van der Waals surface area contributed by atoms with Crippen LogP contribution in [0.5, 0.6) is 0 Å². The van der Waals surface area contributed by atoms with E-state index >= 15 is 0 Å². The van der Waals surface area contributed by atoms with Gasteiger partial charge in [0.1, 0.15) is 28.2 Å². The van der Waals surface area contributed by atoms with E-state index in [2.05, 4.69) is 26.6 Å². The van der Waals surface area contributed by atoms with Crippen LogP contribution in [-0.2, 0) is 16.0 Å². The summed E-state index contributed by atoms with van der Waals surface area (Å²) in [7, 11) is 0. The lowest BCUT2D eigenvalue weighted by Crippen LogP contribution is -2.19. The predicted molar refractivity (Wildman–Crippen MR) is 149 cm³/mol. The molecule has 0 bridgehead atoms. The average molecular weight is 717 g/mol. The highest BCUT2D eigenvalue weighted by atomic mass is 79.9. The van der Waals surface area contributed by atoms with Crippen molar-refractivity contribution < 1.29 is 40.7 Å². The third kappa shape index (κ3) is 7.04. The van der Waals surface area contributed by atoms with Crippen molar-refractivity contribution in [2.75, 3.05) is 10.6 Å². The van der Waals surface area contributed by atoms with Crippen molar-refractivity contribution >= 4 is 79.7 Å². The fourth-order valence-corrected chi connectivity index (χ4v) is 5.73. The van der Waals surface area contributed by atoms with E-state index in [1.807, 2.05) is 0 Å². The molecule has 1 aliphatic rings. The normalized spacial score (nSPS) is 17.5. The van der Waals surface area contributed by atoms with Crippen molar-refractivity contribution in [1.82, 2.24) is 0 Å². The molecule has 0 aromatic heterocycles. The summed E-state index contributed by atoms with van der Waals surface area (Å²) in [5, 5.41) is 4.56. The highest BCUT2D eigenvalue weighted by Gasteiger charge is 2.67. The standard InChI is InChI=1S/C27H16BrCl3F6N2O3/c28-16-7-11(1-4-19(16)33)21-22(27(21,30)31)25(42)38-12-2-3-17(29)14(8-12)24(41)39-20-6-5-18(32)15(23(20)34)9-13(40)10-26(35,36)37/h1-8,21-22H,9-10H2,(H,38,42)(H,39,41)/t21-,22+/m0/s1. The van der Waals surface area contributed by atoms with E-state index in [1.165, 1.54) is 30.3 Å². The fourth-order valence-electron chi connectivity index (χ4n) is 4.30. The summed E-state index contributed by atoms with van der Waals surface area (Å²) in [6.45, 7) is 0. The Bertz CT molecular complexity index is 1600. The first-order valence-corrected chi connectivity index (χ1v) is 13.7. The average Bonchev–Trinajstić information content (AvgIpc) is 3.47. The lowest BCUT2D eigenvalue weighted by molar-refractivity contribution is -0.151. The van der Waals surface area contributed by atoms with Gasteiger partial charge < -0.3 is 10.6 Å². The molecule has 5 nitrogen and oxygen atoms in total. The van der Waals surface area contributed by atoms with Crippen molar-refractivity contribution in [2.24, 2.45) is 5.92 Å². The summed E-state index contributed by atoms with van der Waals surface area (Å²) in [5.41, 5.74) is -1.26. The number of halogens is 10. The fraction of sp³-hybridized carbons (Fsp3) is 0.222. The van der Waals surface area contributed by atoms with Crippen molar-refractivity contribution in [3.63, 3.8) is 0 Å². The zero-order valence-corrected chi connectivity index (χ0v) is 24.5. The van der Waals surface area contributed by atoms with Crippen molar-refractivity contribution in [3.05, 3.63) is 92.2 Å². The summed E-state index contributed by atoms with van der Waals surface area (Å²) in [6, 6.07) is 9.35. The molecule has 4 rings (SSSR count). The third-order valence-corrected chi connectivity index (χ3v) is 8.20. The number of hydrogen-bond donors (Lipinski definition) is 2. The van der Waals surface area contributed by atoms with Crippen LogP contribution >= 0.6 is 50.7 Å². The number of hydrogen-bond acceptors (Lipinski definition) is 3. The molecule has 1 fully saturated rings. The maximum atomic E-state index is 14.9. The van der Waals surface area contributed by atoms with E-state index in [4.69, 9.17) is 34.8 Å². The first kappa shape index (κ1) is 32.1. The Morgan fingerprint density at radius 2 is 1.60 bits per heavy atom. The lowest BCUT2D eigenvalue weighted by atomic mass is 10.0. The molecule has 0 radical (unpaired) electrons. The molecule has 15 heteroatoms. The highest BCUT2D eigenvalue weighted by Crippen LogP contribution is 2.65. The van der Waals surface area contributed by atoms with Gasteiger partial charge in [0.15, 0.2) is 5.82 Å². The number of amides is 2. The molecule has 0 heterocycles. The molecule has 2 amide bonds. The summed E-state index contributed by atoms with van der Waals surface area (Å²) >= 11 is 21.8. The molecule has 222 valence electrons. The van der Waals surface area contributed by atoms with E-state index in [0.29, 0.717) is 11.6 Å². The molecule has 2 atom stereocenters. The molecule has 0 spiro atoms. The topological polar surface area (TPSA) is 75.3 Å². The van der Waals surface area contributed by atoms with Gasteiger partial charge in [0.2, 0.25) is 5.91 Å². The minimum atomic E-state index is -4.86. The molecule has 0 unspecified atom stereocenters. The smallest absolute Gasteiger partial charge is 0.326 e. The molecule has 0 aliphatic heterocycles. The summed E-state index contributed by atoms with van der Waals surface area (Å²) in [4.78, 5) is 37.6. The number of nitrogens with one attached hydrogen (secondary N) is 2. The van der Waals surface area contributed by atoms with Gasteiger partial charge in [-0.3, -0.25) is 14.4 Å². The van der Waals surface area contributed by atoms with Gasteiger partial charge in [-0.1, -0.05) is 17.7 Å². The Morgan fingerprint density at radius 1 is 0.929 bits per heavy atom. The number of Topliss-reactive ketones (excluding diaryl/α,β-unsaturated/α-hetero) is 1. The molecule has 42 heavy (non-hydrogen) atoms. The minimum Gasteiger partial charge on any atom is -0.326 e. The molecule has 3 aromatic carbocycles. The van der Waals surface area contributed by atoms with Crippen molar-refractivity contribution in [1.29, 1.82) is 0 Å². The van der Waals surface area contributed by atoms with Gasteiger partial charge in [0, 0.05) is 23.6 Å². The van der Waals surface area contributed by atoms with E-state index in [-0.39, 0.29) is 20.7 Å². The number of rotatable bonds is 8. The molecular formula is C27H16BrCl3F6N2O3. The van der Waals surface area contributed by atoms with E-state index < -0.39 is 81.5 Å². The Hall–Kier alpha value is -2.80. The number of carbonyl (C=O) groups is 3. The van der Waals surface area contributed by atoms with Gasteiger partial charge in [0.05, 0.1) is 26.7 Å². The summed E-state index contributed by atoms with van der Waals surface area (Å²) in [6.07, 6.45) is -7.93. The van der Waals surface area contributed by atoms with Crippen LogP contribution in [0.3, 0.4) is 0 Å². The monoisotopic (exact) mass is 714 g/mol. The molecule has 1 aliphatic carbocycles. The van der Waals surface area contributed by atoms with Crippen LogP contribution < -0.4 is 10.6 Å². The van der Waals surface area contributed by atoms with E-state index in [0.717, 1.165) is 12.1 Å². The number of ketones is 1. The Labute approximate surface area is 257 Å². The Balaban J connectivity index is 1.50. The van der Waals surface area contributed by atoms with Gasteiger partial charge in [-0.05, 0) is 64.0 Å². The molecule has 2 N–H and O–H groups in total. The third-order valence-electron chi connectivity index (χ3n) is 6.32. The van der Waals surface area contributed by atoms with Crippen molar-refractivity contribution in [2.45, 2.75) is 29.3 Å². The minimum absolute atomic E-state index is 0.0719. The zero-order valence-electron chi connectivity index (χ0n) is 20.7. The largest absolute Gasteiger partial charge is 0.395 e. The Kier molecular flexibility index (Phi) is 9.23. The van der Waals surface area contributed by atoms with Crippen LogP contribution in [0.25, 0.3) is 0 Å². The van der Waals surface area contributed by atoms with Gasteiger partial charge in [-0.2, -0.15) is 13.2 Å². The molecular weight excluding hydrogens is 701 g/mol. The van der Waals surface area contributed by atoms with Crippen LogP contribution in [0.2, 0.25) is 5.02 Å². The molecule has 3 aromatic rings. The first-order chi connectivity index (χ1) is 19.5. The number of anilines is 2. The summed E-state index contributed by atoms with van der Waals surface area (Å²) < 4.78 is 78.8. The van der Waals surface area contributed by atoms with E-state index in [9.17, 15) is 40.7 Å². The van der Waals surface area contributed by atoms with Gasteiger partial charge in [-0.15, -0.1) is 23.2 Å². The van der Waals surface area contributed by atoms with Gasteiger partial charge >= 0.3 is 6.18 Å². The van der Waals surface area contributed by atoms with Crippen LogP contribution in [-0.4, -0.2) is 28.1 Å². The number of benzene rings is 3. The quantitative estimate of drug-likeness (QED) is 0.182. The second kappa shape index (κ2) is 12.1. The predicted octanol–water partition coefficient (Wildman–Crippen LogP) is 8.36. The molecule has 0 saturated heterocycles. The number of carbonyl (C=O) groups excluding carboxylic acids is 3. The van der Waals surface area contributed by atoms with Crippen LogP contribution in [0.4, 0.5) is 37.7 Å². The second-order valence-corrected chi connectivity index (χ2v) is 12.0. The maximum absolute atomic E-state index is 14.9. The van der Waals surface area contributed by atoms with Crippen molar-refractivity contribution in [3.8, 4) is 0 Å². The zero-order chi connectivity index (χ0) is 31.1. The maximum Gasteiger partial charge on any atom is 0.395 e. The molecule has 1 saturated carbocycles. The lowest BCUT2D eigenvalue weighted by Gasteiger charge is -2.13. The number of alkyl halides is 5. The second-order valence-electron chi connectivity index (χ2n) is 9.34. The SMILES string of the molecule is O=C(Cc1c(F)ccc(NC(=O)c2cc(NC(=O)[C@H]3[C@H](c4ccc(F)c(Br)c4)C3(Cl)Cl)ccc2Cl)c1F)CC(F)(F)F. The van der Waals surface area contributed by atoms with E-state index in [1.54, 1.807) is 0 Å². The van der Waals surface area contributed by atoms with Gasteiger partial charge in [0.25, 0.3) is 5.91 Å². The highest BCUT2D eigenvalue weighted by molar-refractivity contribution is 9.10. The van der Waals surface area contributed by atoms with Crippen LogP contribution in [0, 0.1) is 23.4 Å². The van der Waals surface area contributed by atoms with Crippen LogP contribution in [0.1, 0.15) is 33.8 Å². The van der Waals surface area contributed by atoms with Crippen LogP contribution in [0.15, 0.2) is 53.0 Å². The summed E-state index contributed by atoms with van der Waals surface area (Å²) in [5.74, 6) is -7.97. The van der Waals surface area contributed by atoms with Gasteiger partial charge in [-0.25, -0.2) is 13.2 Å². The Morgan fingerprint density at radius 3 is 2.24 bits per heavy atom. The first-order valence-electron chi connectivity index (χ1n) is 11.8.